The van der Waals surface area contributed by atoms with Crippen LogP contribution in [0.3, 0.4) is 0 Å². The highest BCUT2D eigenvalue weighted by Crippen LogP contribution is 2.24. The van der Waals surface area contributed by atoms with Crippen LogP contribution in [0.4, 0.5) is 4.39 Å². The summed E-state index contributed by atoms with van der Waals surface area (Å²) in [5.74, 6) is -0.157. The molecule has 0 aliphatic heterocycles. The molecule has 0 radical (unpaired) electrons. The summed E-state index contributed by atoms with van der Waals surface area (Å²) in [7, 11) is -3.59. The first kappa shape index (κ1) is 16.7. The van der Waals surface area contributed by atoms with Gasteiger partial charge in [-0.2, -0.15) is 0 Å². The minimum Gasteiger partial charge on any atom is -0.491 e. The van der Waals surface area contributed by atoms with Crippen LogP contribution in [0.5, 0.6) is 5.75 Å². The molecule has 2 aromatic rings. The number of rotatable bonds is 6. The smallest absolute Gasteiger partial charge is 0.240 e. The molecule has 0 amide bonds. The van der Waals surface area contributed by atoms with E-state index in [0.717, 1.165) is 6.07 Å². The van der Waals surface area contributed by atoms with Crippen molar-refractivity contribution in [2.75, 3.05) is 13.2 Å². The fourth-order valence-electron chi connectivity index (χ4n) is 1.86. The summed E-state index contributed by atoms with van der Waals surface area (Å²) in [5.41, 5.74) is 0.664. The molecule has 0 aliphatic rings. The maximum absolute atomic E-state index is 12.9. The first-order valence-corrected chi connectivity index (χ1v) is 8.39. The number of benzene rings is 2. The van der Waals surface area contributed by atoms with Gasteiger partial charge in [0, 0.05) is 6.54 Å². The molecule has 0 aliphatic carbocycles. The number of halogens is 2. The normalized spacial score (nSPS) is 11.4. The van der Waals surface area contributed by atoms with Crippen molar-refractivity contribution in [3.05, 3.63) is 58.9 Å². The number of ether oxygens (including phenoxy) is 1. The monoisotopic (exact) mass is 343 g/mol. The van der Waals surface area contributed by atoms with Crippen LogP contribution in [0.15, 0.2) is 47.4 Å². The van der Waals surface area contributed by atoms with Gasteiger partial charge >= 0.3 is 0 Å². The fourth-order valence-corrected chi connectivity index (χ4v) is 3.34. The van der Waals surface area contributed by atoms with Crippen molar-refractivity contribution < 1.29 is 17.5 Å². The average molecular weight is 344 g/mol. The highest BCUT2D eigenvalue weighted by atomic mass is 35.5. The van der Waals surface area contributed by atoms with Crippen LogP contribution in [-0.2, 0) is 10.0 Å². The highest BCUT2D eigenvalue weighted by molar-refractivity contribution is 7.89. The highest BCUT2D eigenvalue weighted by Gasteiger charge is 2.15. The zero-order valence-corrected chi connectivity index (χ0v) is 13.4. The van der Waals surface area contributed by atoms with E-state index in [1.165, 1.54) is 18.2 Å². The van der Waals surface area contributed by atoms with Crippen LogP contribution in [0.25, 0.3) is 0 Å². The maximum atomic E-state index is 12.9. The van der Waals surface area contributed by atoms with Crippen molar-refractivity contribution in [2.45, 2.75) is 11.8 Å². The van der Waals surface area contributed by atoms with Gasteiger partial charge in [0.05, 0.1) is 9.92 Å². The van der Waals surface area contributed by atoms with Crippen molar-refractivity contribution in [3.8, 4) is 5.75 Å². The Labute approximate surface area is 133 Å². The molecule has 0 spiro atoms. The van der Waals surface area contributed by atoms with E-state index in [9.17, 15) is 12.8 Å². The molecule has 0 fully saturated rings. The van der Waals surface area contributed by atoms with Crippen LogP contribution >= 0.6 is 11.6 Å². The Morgan fingerprint density at radius 1 is 1.23 bits per heavy atom. The number of hydrogen-bond acceptors (Lipinski definition) is 3. The Bertz CT molecular complexity index is 765. The summed E-state index contributed by atoms with van der Waals surface area (Å²) in [6.07, 6.45) is 0. The standard InChI is InChI=1S/C15H15ClFNO3S/c1-11-4-2-3-5-15(11)22(19,20)18-8-9-21-14-7-6-12(17)10-13(14)16/h2-7,10,18H,8-9H2,1H3. The van der Waals surface area contributed by atoms with E-state index in [1.807, 2.05) is 0 Å². The fraction of sp³-hybridized carbons (Fsp3) is 0.200. The van der Waals surface area contributed by atoms with Gasteiger partial charge in [-0.05, 0) is 36.8 Å². The SMILES string of the molecule is Cc1ccccc1S(=O)(=O)NCCOc1ccc(F)cc1Cl. The van der Waals surface area contributed by atoms with Crippen LogP contribution in [0.1, 0.15) is 5.56 Å². The lowest BCUT2D eigenvalue weighted by Crippen LogP contribution is -2.28. The Kier molecular flexibility index (Phi) is 5.39. The lowest BCUT2D eigenvalue weighted by atomic mass is 10.2. The summed E-state index contributed by atoms with van der Waals surface area (Å²) < 4.78 is 44.9. The molecule has 0 heterocycles. The summed E-state index contributed by atoms with van der Waals surface area (Å²) in [6, 6.07) is 10.4. The molecule has 0 aromatic heterocycles. The third kappa shape index (κ3) is 4.19. The van der Waals surface area contributed by atoms with Crippen LogP contribution in [0.2, 0.25) is 5.02 Å². The first-order valence-electron chi connectivity index (χ1n) is 6.53. The van der Waals surface area contributed by atoms with E-state index < -0.39 is 15.8 Å². The molecule has 7 heteroatoms. The third-order valence-electron chi connectivity index (χ3n) is 2.93. The zero-order valence-electron chi connectivity index (χ0n) is 11.8. The summed E-state index contributed by atoms with van der Waals surface area (Å²) in [4.78, 5) is 0.231. The van der Waals surface area contributed by atoms with E-state index in [0.29, 0.717) is 11.3 Å². The third-order valence-corrected chi connectivity index (χ3v) is 4.85. The topological polar surface area (TPSA) is 55.4 Å². The van der Waals surface area contributed by atoms with Crippen molar-refractivity contribution in [3.63, 3.8) is 0 Å². The van der Waals surface area contributed by atoms with Crippen LogP contribution in [0, 0.1) is 12.7 Å². The van der Waals surface area contributed by atoms with E-state index in [2.05, 4.69) is 4.72 Å². The van der Waals surface area contributed by atoms with E-state index in [4.69, 9.17) is 16.3 Å². The predicted molar refractivity (Wildman–Crippen MR) is 83.3 cm³/mol. The Morgan fingerprint density at radius 2 is 1.95 bits per heavy atom. The minimum atomic E-state index is -3.59. The molecule has 1 N–H and O–H groups in total. The van der Waals surface area contributed by atoms with Gasteiger partial charge in [0.25, 0.3) is 0 Å². The van der Waals surface area contributed by atoms with Crippen molar-refractivity contribution in [2.24, 2.45) is 0 Å². The van der Waals surface area contributed by atoms with Crippen LogP contribution < -0.4 is 9.46 Å². The second kappa shape index (κ2) is 7.09. The molecule has 0 atom stereocenters. The Balaban J connectivity index is 1.92. The van der Waals surface area contributed by atoms with E-state index in [-0.39, 0.29) is 23.1 Å². The van der Waals surface area contributed by atoms with Gasteiger partial charge in [-0.15, -0.1) is 0 Å². The molecule has 0 bridgehead atoms. The second-order valence-corrected chi connectivity index (χ2v) is 6.73. The van der Waals surface area contributed by atoms with Gasteiger partial charge in [-0.3, -0.25) is 0 Å². The average Bonchev–Trinajstić information content (AvgIpc) is 2.45. The summed E-state index contributed by atoms with van der Waals surface area (Å²) in [6.45, 7) is 1.88. The molecular formula is C15H15ClFNO3S. The van der Waals surface area contributed by atoms with Crippen molar-refractivity contribution >= 4 is 21.6 Å². The van der Waals surface area contributed by atoms with Gasteiger partial charge < -0.3 is 4.74 Å². The molecule has 22 heavy (non-hydrogen) atoms. The van der Waals surface area contributed by atoms with Gasteiger partial charge in [0.2, 0.25) is 10.0 Å². The molecule has 0 saturated heterocycles. The molecule has 0 saturated carbocycles. The van der Waals surface area contributed by atoms with E-state index in [1.54, 1.807) is 25.1 Å². The van der Waals surface area contributed by atoms with Gasteiger partial charge in [0.1, 0.15) is 18.2 Å². The Hall–Kier alpha value is -1.63. The first-order chi connectivity index (χ1) is 10.4. The van der Waals surface area contributed by atoms with Crippen molar-refractivity contribution in [1.29, 1.82) is 0 Å². The Morgan fingerprint density at radius 3 is 2.64 bits per heavy atom. The number of aryl methyl sites for hydroxylation is 1. The van der Waals surface area contributed by atoms with Crippen molar-refractivity contribution in [1.82, 2.24) is 4.72 Å². The second-order valence-electron chi connectivity index (χ2n) is 4.59. The number of sulfonamides is 1. The summed E-state index contributed by atoms with van der Waals surface area (Å²) in [5, 5.41) is 0.141. The predicted octanol–water partition coefficient (Wildman–Crippen LogP) is 3.14. The largest absolute Gasteiger partial charge is 0.491 e. The molecule has 2 aromatic carbocycles. The lowest BCUT2D eigenvalue weighted by Gasteiger charge is -2.11. The van der Waals surface area contributed by atoms with Gasteiger partial charge in [-0.25, -0.2) is 17.5 Å². The molecular weight excluding hydrogens is 329 g/mol. The molecule has 0 unspecified atom stereocenters. The maximum Gasteiger partial charge on any atom is 0.240 e. The molecule has 2 rings (SSSR count). The van der Waals surface area contributed by atoms with Gasteiger partial charge in [-0.1, -0.05) is 29.8 Å². The zero-order chi connectivity index (χ0) is 16.2. The summed E-state index contributed by atoms with van der Waals surface area (Å²) >= 11 is 5.81. The quantitative estimate of drug-likeness (QED) is 0.820. The number of nitrogens with one attached hydrogen (secondary N) is 1. The molecule has 118 valence electrons. The number of hydrogen-bond donors (Lipinski definition) is 1. The van der Waals surface area contributed by atoms with E-state index >= 15 is 0 Å². The molecule has 4 nitrogen and oxygen atoms in total. The van der Waals surface area contributed by atoms with Gasteiger partial charge in [0.15, 0.2) is 0 Å². The minimum absolute atomic E-state index is 0.0738. The van der Waals surface area contributed by atoms with Crippen LogP contribution in [-0.4, -0.2) is 21.6 Å². The lowest BCUT2D eigenvalue weighted by molar-refractivity contribution is 0.322.